The summed E-state index contributed by atoms with van der Waals surface area (Å²) in [6.07, 6.45) is 0.00216. The summed E-state index contributed by atoms with van der Waals surface area (Å²) in [6.45, 7) is 2.01. The Balaban J connectivity index is 0.00000100. The number of aliphatic hydroxyl groups excluding tert-OH is 1. The molecule has 0 amide bonds. The Morgan fingerprint density at radius 1 is 0.804 bits per heavy atom. The van der Waals surface area contributed by atoms with Gasteiger partial charge in [0.15, 0.2) is 17.3 Å². The molecular weight excluding hydrogens is 619 g/mol. The SMILES string of the molecule is Cc1ccc([C@H]2[C@@H]3C(C4=C(O)c5ccccc5C4=O)=N[C@@H]4c5ccccc5C[C@H](N43)C23C(=O)c2ccccc2C3=O)cc1.ClCCl. The fourth-order valence-corrected chi connectivity index (χ4v) is 8.58. The van der Waals surface area contributed by atoms with Crippen LogP contribution in [0.3, 0.4) is 0 Å². The minimum atomic E-state index is -1.42. The van der Waals surface area contributed by atoms with Crippen molar-refractivity contribution in [2.75, 3.05) is 5.34 Å². The molecule has 1 saturated heterocycles. The molecule has 0 saturated carbocycles. The van der Waals surface area contributed by atoms with E-state index in [0.717, 1.165) is 22.3 Å². The van der Waals surface area contributed by atoms with Gasteiger partial charge in [-0.3, -0.25) is 24.3 Å². The number of carbonyl (C=O) groups is 3. The van der Waals surface area contributed by atoms with Gasteiger partial charge in [-0.05, 0) is 30.0 Å². The number of carbonyl (C=O) groups excluding carboxylic acids is 3. The molecule has 5 aliphatic rings. The number of halogens is 2. The second-order valence-electron chi connectivity index (χ2n) is 12.4. The van der Waals surface area contributed by atoms with E-state index in [1.165, 1.54) is 0 Å². The maximum atomic E-state index is 14.8. The maximum absolute atomic E-state index is 14.8. The summed E-state index contributed by atoms with van der Waals surface area (Å²) in [5.41, 5.74) is 4.96. The topological polar surface area (TPSA) is 87.0 Å². The van der Waals surface area contributed by atoms with Crippen molar-refractivity contribution in [1.82, 2.24) is 4.90 Å². The van der Waals surface area contributed by atoms with Crippen LogP contribution in [0.5, 0.6) is 0 Å². The predicted molar refractivity (Wildman–Crippen MR) is 178 cm³/mol. The number of ketones is 3. The Bertz CT molecular complexity index is 2010. The molecule has 1 spiro atoms. The van der Waals surface area contributed by atoms with Crippen LogP contribution in [0.2, 0.25) is 0 Å². The van der Waals surface area contributed by atoms with Gasteiger partial charge in [0, 0.05) is 34.2 Å². The highest BCUT2D eigenvalue weighted by atomic mass is 35.5. The summed E-state index contributed by atoms with van der Waals surface area (Å²) in [4.78, 5) is 51.1. The molecule has 1 fully saturated rings. The van der Waals surface area contributed by atoms with Gasteiger partial charge in [-0.15, -0.1) is 23.2 Å². The van der Waals surface area contributed by atoms with Crippen LogP contribution in [-0.4, -0.2) is 50.5 Å². The van der Waals surface area contributed by atoms with E-state index in [-0.39, 0.29) is 34.0 Å². The third-order valence-electron chi connectivity index (χ3n) is 10.3. The molecule has 0 aromatic heterocycles. The second-order valence-corrected chi connectivity index (χ2v) is 13.2. The van der Waals surface area contributed by atoms with Crippen LogP contribution in [0.1, 0.15) is 71.0 Å². The fraction of sp³-hybridized carbons (Fsp3) is 0.211. The van der Waals surface area contributed by atoms with Crippen molar-refractivity contribution in [3.8, 4) is 0 Å². The number of aliphatic hydroxyl groups is 1. The summed E-state index contributed by atoms with van der Waals surface area (Å²) in [5.74, 6) is -1.35. The molecule has 0 bridgehead atoms. The van der Waals surface area contributed by atoms with Crippen molar-refractivity contribution >= 4 is 52.0 Å². The lowest BCUT2D eigenvalue weighted by atomic mass is 9.63. The molecule has 2 aliphatic carbocycles. The van der Waals surface area contributed by atoms with Gasteiger partial charge in [-0.1, -0.05) is 103 Å². The van der Waals surface area contributed by atoms with Gasteiger partial charge in [0.2, 0.25) is 0 Å². The zero-order chi connectivity index (χ0) is 31.9. The zero-order valence-corrected chi connectivity index (χ0v) is 26.3. The first kappa shape index (κ1) is 29.1. The van der Waals surface area contributed by atoms with Gasteiger partial charge in [0.05, 0.1) is 22.7 Å². The van der Waals surface area contributed by atoms with Gasteiger partial charge in [0.25, 0.3) is 0 Å². The first-order valence-electron chi connectivity index (χ1n) is 15.2. The van der Waals surface area contributed by atoms with Gasteiger partial charge in [-0.2, -0.15) is 0 Å². The van der Waals surface area contributed by atoms with Crippen molar-refractivity contribution in [2.45, 2.75) is 37.5 Å². The van der Waals surface area contributed by atoms with Gasteiger partial charge in [0.1, 0.15) is 17.3 Å². The molecule has 6 nitrogen and oxygen atoms in total. The molecule has 3 aliphatic heterocycles. The summed E-state index contributed by atoms with van der Waals surface area (Å²) < 4.78 is 0. The molecule has 1 N–H and O–H groups in total. The molecule has 228 valence electrons. The van der Waals surface area contributed by atoms with E-state index in [0.29, 0.717) is 34.4 Å². The number of benzene rings is 4. The van der Waals surface area contributed by atoms with Crippen molar-refractivity contribution in [3.63, 3.8) is 0 Å². The van der Waals surface area contributed by atoms with E-state index < -0.39 is 29.6 Å². The molecule has 8 heteroatoms. The molecule has 4 atom stereocenters. The number of hydrogen-bond acceptors (Lipinski definition) is 6. The Morgan fingerprint density at radius 2 is 1.37 bits per heavy atom. The van der Waals surface area contributed by atoms with Gasteiger partial charge < -0.3 is 5.11 Å². The minimum absolute atomic E-state index is 0.0972. The fourth-order valence-electron chi connectivity index (χ4n) is 8.58. The van der Waals surface area contributed by atoms with E-state index in [1.807, 2.05) is 67.6 Å². The molecule has 0 radical (unpaired) electrons. The Kier molecular flexibility index (Phi) is 6.69. The monoisotopic (exact) mass is 646 g/mol. The first-order valence-corrected chi connectivity index (χ1v) is 16.3. The summed E-state index contributed by atoms with van der Waals surface area (Å²) in [5, 5.41) is 11.7. The van der Waals surface area contributed by atoms with Crippen molar-refractivity contribution in [3.05, 3.63) is 147 Å². The van der Waals surface area contributed by atoms with Crippen LogP contribution in [-0.2, 0) is 6.42 Å². The number of fused-ring (bicyclic) bond motifs is 5. The third-order valence-corrected chi connectivity index (χ3v) is 10.3. The number of nitrogens with zero attached hydrogens (tertiary/aromatic N) is 2. The molecule has 3 heterocycles. The lowest BCUT2D eigenvalue weighted by Crippen LogP contribution is -2.51. The average Bonchev–Trinajstić information content (AvgIpc) is 3.74. The Morgan fingerprint density at radius 3 is 2.00 bits per heavy atom. The third kappa shape index (κ3) is 3.69. The van der Waals surface area contributed by atoms with Crippen molar-refractivity contribution in [2.24, 2.45) is 10.4 Å². The van der Waals surface area contributed by atoms with Crippen LogP contribution in [0, 0.1) is 12.3 Å². The van der Waals surface area contributed by atoms with Crippen LogP contribution >= 0.6 is 23.2 Å². The largest absolute Gasteiger partial charge is 0.506 e. The average molecular weight is 648 g/mol. The molecule has 4 aromatic carbocycles. The molecule has 4 aromatic rings. The summed E-state index contributed by atoms with van der Waals surface area (Å²) >= 11 is 9.53. The molecular formula is C38H28Cl2N2O4. The number of aliphatic imine (C=N–C) groups is 1. The number of alkyl halides is 2. The normalized spacial score (nSPS) is 24.8. The smallest absolute Gasteiger partial charge is 0.199 e. The van der Waals surface area contributed by atoms with Gasteiger partial charge in [-0.25, -0.2) is 0 Å². The van der Waals surface area contributed by atoms with Crippen LogP contribution in [0.25, 0.3) is 5.76 Å². The van der Waals surface area contributed by atoms with E-state index in [9.17, 15) is 19.5 Å². The number of Topliss-reactive ketones (excluding diaryl/α,β-unsaturated/α-hetero) is 3. The summed E-state index contributed by atoms with van der Waals surface area (Å²) in [7, 11) is 0. The Hall–Kier alpha value is -4.36. The van der Waals surface area contributed by atoms with Crippen LogP contribution in [0.4, 0.5) is 0 Å². The predicted octanol–water partition coefficient (Wildman–Crippen LogP) is 7.49. The second kappa shape index (κ2) is 10.6. The minimum Gasteiger partial charge on any atom is -0.506 e. The Labute approximate surface area is 276 Å². The standard InChI is InChI=1S/C37H26N2O4.CH2Cl2/c1-19-14-16-20(17-15-19)29-31-30(28-32(40)23-10-4-5-11-24(23)33(28)41)38-36-22-9-3-2-8-21(22)18-27(39(31)36)37(29)34(42)25-12-6-7-13-26(25)35(37)43;2-1-3/h2-17,27,29,31,36,40H,18H2,1H3;1H2/t27-,29-,31+,36-;/m0./s1. The van der Waals surface area contributed by atoms with Gasteiger partial charge >= 0.3 is 0 Å². The van der Waals surface area contributed by atoms with E-state index in [2.05, 4.69) is 4.90 Å². The van der Waals surface area contributed by atoms with Crippen molar-refractivity contribution in [1.29, 1.82) is 0 Å². The van der Waals surface area contributed by atoms with E-state index in [4.69, 9.17) is 28.2 Å². The number of hydrogen-bond donors (Lipinski definition) is 1. The first-order chi connectivity index (χ1) is 22.3. The van der Waals surface area contributed by atoms with Crippen LogP contribution in [0.15, 0.2) is 108 Å². The number of aryl methyl sites for hydroxylation is 1. The highest BCUT2D eigenvalue weighted by Crippen LogP contribution is 2.64. The van der Waals surface area contributed by atoms with E-state index >= 15 is 0 Å². The van der Waals surface area contributed by atoms with Crippen LogP contribution < -0.4 is 0 Å². The lowest BCUT2D eigenvalue weighted by Gasteiger charge is -2.40. The molecule has 9 rings (SSSR count). The molecule has 0 unspecified atom stereocenters. The highest BCUT2D eigenvalue weighted by Gasteiger charge is 2.74. The zero-order valence-electron chi connectivity index (χ0n) is 24.8. The summed E-state index contributed by atoms with van der Waals surface area (Å²) in [6, 6.07) is 29.1. The molecule has 46 heavy (non-hydrogen) atoms. The highest BCUT2D eigenvalue weighted by molar-refractivity contribution is 6.40. The van der Waals surface area contributed by atoms with Crippen molar-refractivity contribution < 1.29 is 19.5 Å². The maximum Gasteiger partial charge on any atom is 0.199 e. The quantitative estimate of drug-likeness (QED) is 0.180. The lowest BCUT2D eigenvalue weighted by molar-refractivity contribution is 0.0544. The number of rotatable bonds is 2. The van der Waals surface area contributed by atoms with E-state index in [1.54, 1.807) is 36.4 Å².